The van der Waals surface area contributed by atoms with Crippen LogP contribution in [0, 0.1) is 13.8 Å². The van der Waals surface area contributed by atoms with Gasteiger partial charge in [-0.3, -0.25) is 9.99 Å². The van der Waals surface area contributed by atoms with Gasteiger partial charge in [0.05, 0.1) is 19.3 Å². The minimum Gasteiger partial charge on any atom is -0.306 e. The van der Waals surface area contributed by atoms with Crippen molar-refractivity contribution < 1.29 is 9.59 Å². The molecule has 2 aliphatic heterocycles. The predicted octanol–water partition coefficient (Wildman–Crippen LogP) is 3.99. The van der Waals surface area contributed by atoms with E-state index >= 15 is 0 Å². The number of hydrogen-bond donors (Lipinski definition) is 3. The molecule has 0 radical (unpaired) electrons. The normalized spacial score (nSPS) is 14.6. The highest BCUT2D eigenvalue weighted by atomic mass is 16.2. The number of nitrogens with zero attached hydrogens (tertiary/aromatic N) is 4. The second kappa shape index (κ2) is 9.49. The molecular formula is C24H25N7O2. The fraction of sp³-hybridized carbons (Fsp3) is 0.167. The van der Waals surface area contributed by atoms with Crippen molar-refractivity contribution in [2.75, 3.05) is 10.6 Å². The van der Waals surface area contributed by atoms with E-state index in [1.807, 2.05) is 56.3 Å². The van der Waals surface area contributed by atoms with Crippen molar-refractivity contribution >= 4 is 29.7 Å². The molecule has 4 N–H and O–H groups in total. The predicted molar refractivity (Wildman–Crippen MR) is 127 cm³/mol. The van der Waals surface area contributed by atoms with Crippen LogP contribution in [-0.4, -0.2) is 33.3 Å². The van der Waals surface area contributed by atoms with Crippen molar-refractivity contribution in [3.05, 3.63) is 88.7 Å². The molecule has 0 bridgehead atoms. The van der Waals surface area contributed by atoms with E-state index in [2.05, 4.69) is 26.8 Å². The molecule has 4 amide bonds. The van der Waals surface area contributed by atoms with Gasteiger partial charge >= 0.3 is 12.1 Å². The van der Waals surface area contributed by atoms with Crippen LogP contribution in [0.2, 0.25) is 0 Å². The zero-order valence-corrected chi connectivity index (χ0v) is 18.4. The van der Waals surface area contributed by atoms with Gasteiger partial charge in [-0.2, -0.15) is 5.10 Å². The van der Waals surface area contributed by atoms with Crippen LogP contribution in [-0.2, 0) is 13.1 Å². The van der Waals surface area contributed by atoms with Gasteiger partial charge in [0.15, 0.2) is 0 Å². The fourth-order valence-corrected chi connectivity index (χ4v) is 3.49. The van der Waals surface area contributed by atoms with Gasteiger partial charge in [0.1, 0.15) is 0 Å². The number of nitrogens with two attached hydrogens (primary N) is 1. The Morgan fingerprint density at radius 3 is 2.21 bits per heavy atom. The summed E-state index contributed by atoms with van der Waals surface area (Å²) < 4.78 is 0. The van der Waals surface area contributed by atoms with Crippen LogP contribution < -0.4 is 16.5 Å². The number of benzene rings is 2. The first-order valence-corrected chi connectivity index (χ1v) is 10.4. The first-order valence-electron chi connectivity index (χ1n) is 10.4. The highest BCUT2D eigenvalue weighted by molar-refractivity contribution is 5.93. The summed E-state index contributed by atoms with van der Waals surface area (Å²) in [5.74, 6) is 5.46. The third kappa shape index (κ3) is 5.34. The number of hydrogen-bond acceptors (Lipinski definition) is 5. The van der Waals surface area contributed by atoms with Crippen LogP contribution in [0.4, 0.5) is 21.0 Å². The minimum atomic E-state index is -0.253. The molecule has 1 aromatic heterocycles. The van der Waals surface area contributed by atoms with Crippen molar-refractivity contribution in [1.82, 2.24) is 15.0 Å². The number of urea groups is 2. The van der Waals surface area contributed by atoms with Gasteiger partial charge < -0.3 is 10.6 Å². The number of nitrogens with one attached hydrogen (secondary N) is 2. The molecule has 2 aliphatic rings. The van der Waals surface area contributed by atoms with Crippen molar-refractivity contribution in [2.24, 2.45) is 10.9 Å². The molecule has 0 spiro atoms. The Balaban J connectivity index is 0.000000172. The average Bonchev–Trinajstić information content (AvgIpc) is 2.80. The maximum Gasteiger partial charge on any atom is 0.342 e. The lowest BCUT2D eigenvalue weighted by Crippen LogP contribution is -2.43. The zero-order valence-electron chi connectivity index (χ0n) is 18.4. The molecule has 9 heteroatoms. The van der Waals surface area contributed by atoms with E-state index in [1.165, 1.54) is 15.6 Å². The van der Waals surface area contributed by atoms with Crippen LogP contribution in [0.1, 0.15) is 27.8 Å². The fourth-order valence-electron chi connectivity index (χ4n) is 3.49. The third-order valence-electron chi connectivity index (χ3n) is 5.19. The number of carbonyl (C=O) groups excluding carboxylic acids is 2. The maximum atomic E-state index is 11.9. The molecule has 0 atom stereocenters. The number of aromatic nitrogens is 1. The highest BCUT2D eigenvalue weighted by Crippen LogP contribution is 2.24. The van der Waals surface area contributed by atoms with Gasteiger partial charge in [0.25, 0.3) is 0 Å². The van der Waals surface area contributed by atoms with Gasteiger partial charge in [-0.15, -0.1) is 0 Å². The summed E-state index contributed by atoms with van der Waals surface area (Å²) >= 11 is 0. The Kier molecular flexibility index (Phi) is 6.32. The van der Waals surface area contributed by atoms with E-state index in [0.717, 1.165) is 33.6 Å². The molecule has 3 heterocycles. The molecule has 0 saturated heterocycles. The average molecular weight is 444 g/mol. The lowest BCUT2D eigenvalue weighted by Gasteiger charge is -2.25. The van der Waals surface area contributed by atoms with E-state index in [9.17, 15) is 9.59 Å². The molecule has 9 nitrogen and oxygen atoms in total. The molecular weight excluding hydrogens is 418 g/mol. The molecule has 0 unspecified atom stereocenters. The van der Waals surface area contributed by atoms with Crippen LogP contribution >= 0.6 is 0 Å². The number of fused-ring (bicyclic) bond motifs is 2. The summed E-state index contributed by atoms with van der Waals surface area (Å²) in [6.07, 6.45) is 5.03. The third-order valence-corrected chi connectivity index (χ3v) is 5.19. The molecule has 3 aromatic rings. The van der Waals surface area contributed by atoms with Crippen LogP contribution in [0.3, 0.4) is 0 Å². The van der Waals surface area contributed by atoms with Crippen molar-refractivity contribution in [2.45, 2.75) is 26.9 Å². The van der Waals surface area contributed by atoms with Crippen LogP contribution in [0.15, 0.2) is 66.0 Å². The van der Waals surface area contributed by atoms with Gasteiger partial charge in [0, 0.05) is 29.3 Å². The number of hydrazone groups is 1. The van der Waals surface area contributed by atoms with Crippen molar-refractivity contribution in [3.63, 3.8) is 0 Å². The zero-order chi connectivity index (χ0) is 23.4. The second-order valence-corrected chi connectivity index (χ2v) is 7.90. The molecule has 2 aromatic carbocycles. The van der Waals surface area contributed by atoms with E-state index in [-0.39, 0.29) is 12.1 Å². The van der Waals surface area contributed by atoms with Gasteiger partial charge in [0.2, 0.25) is 0 Å². The second-order valence-electron chi connectivity index (χ2n) is 7.90. The number of pyridine rings is 1. The van der Waals surface area contributed by atoms with Crippen LogP contribution in [0.25, 0.3) is 0 Å². The van der Waals surface area contributed by atoms with E-state index < -0.39 is 0 Å². The summed E-state index contributed by atoms with van der Waals surface area (Å²) in [4.78, 5) is 27.1. The summed E-state index contributed by atoms with van der Waals surface area (Å²) in [5.41, 5.74) is 7.02. The summed E-state index contributed by atoms with van der Waals surface area (Å²) in [6.45, 7) is 4.99. The topological polar surface area (TPSA) is 116 Å². The monoisotopic (exact) mass is 443 g/mol. The molecule has 5 rings (SSSR count). The van der Waals surface area contributed by atoms with Gasteiger partial charge in [-0.05, 0) is 43.2 Å². The Morgan fingerprint density at radius 1 is 0.939 bits per heavy atom. The number of amides is 4. The van der Waals surface area contributed by atoms with Crippen LogP contribution in [0.5, 0.6) is 0 Å². The first kappa shape index (κ1) is 22.0. The highest BCUT2D eigenvalue weighted by Gasteiger charge is 2.22. The molecule has 0 aliphatic carbocycles. The number of hydrazine groups is 1. The standard InChI is InChI=1S/C15H14N4O.C9H11N3O/c1-11-4-5-14-13(7-11)10-19(15(20)18-14)17-9-12-3-2-6-16-8-12;1-6-2-3-8-7(4-6)5-12(10)9(13)11-8/h2-9H,10H2,1H3,(H,18,20);2-4H,5,10H2,1H3,(H,11,13)/b17-9+;. The number of rotatable bonds is 2. The molecule has 33 heavy (non-hydrogen) atoms. The number of anilines is 2. The number of aryl methyl sites for hydroxylation is 2. The lowest BCUT2D eigenvalue weighted by molar-refractivity contribution is 0.208. The summed E-state index contributed by atoms with van der Waals surface area (Å²) in [5, 5.41) is 12.3. The Bertz CT molecular complexity index is 1210. The smallest absolute Gasteiger partial charge is 0.306 e. The Hall–Kier alpha value is -4.24. The number of carbonyl (C=O) groups is 2. The maximum absolute atomic E-state index is 11.9. The summed E-state index contributed by atoms with van der Waals surface area (Å²) in [7, 11) is 0. The lowest BCUT2D eigenvalue weighted by atomic mass is 10.1. The van der Waals surface area contributed by atoms with E-state index in [4.69, 9.17) is 5.84 Å². The van der Waals surface area contributed by atoms with Crippen molar-refractivity contribution in [3.8, 4) is 0 Å². The Morgan fingerprint density at radius 2 is 1.58 bits per heavy atom. The quantitative estimate of drug-likeness (QED) is 0.315. The molecule has 0 saturated carbocycles. The van der Waals surface area contributed by atoms with E-state index in [0.29, 0.717) is 13.1 Å². The van der Waals surface area contributed by atoms with E-state index in [1.54, 1.807) is 18.6 Å². The SMILES string of the molecule is Cc1ccc2c(c1)CN(/N=C/c1cccnc1)C(=O)N2.Cc1ccc2c(c1)CN(N)C(=O)N2. The Labute approximate surface area is 191 Å². The summed E-state index contributed by atoms with van der Waals surface area (Å²) in [6, 6.07) is 15.1. The first-order chi connectivity index (χ1) is 15.9. The van der Waals surface area contributed by atoms with Crippen molar-refractivity contribution in [1.29, 1.82) is 0 Å². The molecule has 0 fully saturated rings. The van der Waals surface area contributed by atoms with Gasteiger partial charge in [-0.1, -0.05) is 41.5 Å². The largest absolute Gasteiger partial charge is 0.342 e. The molecule has 168 valence electrons. The minimum absolute atomic E-state index is 0.221. The van der Waals surface area contributed by atoms with Gasteiger partial charge in [-0.25, -0.2) is 20.4 Å².